The van der Waals surface area contributed by atoms with E-state index in [2.05, 4.69) is 61.8 Å². The van der Waals surface area contributed by atoms with Crippen molar-refractivity contribution < 1.29 is 9.53 Å². The van der Waals surface area contributed by atoms with Gasteiger partial charge in [-0.1, -0.05) is 0 Å². The Morgan fingerprint density at radius 1 is 1.08 bits per heavy atom. The van der Waals surface area contributed by atoms with Gasteiger partial charge in [0.05, 0.1) is 18.0 Å². The highest BCUT2D eigenvalue weighted by atomic mass is 16.5. The number of nitrogens with one attached hydrogen (secondary N) is 2. The van der Waals surface area contributed by atoms with E-state index in [9.17, 15) is 4.79 Å². The molecule has 190 valence electrons. The molecule has 0 saturated carbocycles. The molecule has 1 saturated heterocycles. The first kappa shape index (κ1) is 24.2. The SMILES string of the molecule is COCCNC(=O)c1nn(C)c2c1CCCc1cnc(Nc3ccc(N4CCN(C)CC4)cc3)nc1-2. The number of hydrogen-bond donors (Lipinski definition) is 2. The van der Waals surface area contributed by atoms with Crippen LogP contribution in [0.5, 0.6) is 0 Å². The quantitative estimate of drug-likeness (QED) is 0.487. The van der Waals surface area contributed by atoms with Crippen molar-refractivity contribution in [3.63, 3.8) is 0 Å². The van der Waals surface area contributed by atoms with Crippen molar-refractivity contribution in [3.8, 4) is 11.4 Å². The maximum atomic E-state index is 12.8. The molecule has 2 aliphatic rings. The monoisotopic (exact) mass is 490 g/mol. The van der Waals surface area contributed by atoms with Gasteiger partial charge in [-0.3, -0.25) is 9.48 Å². The van der Waals surface area contributed by atoms with E-state index in [0.717, 1.165) is 73.6 Å². The lowest BCUT2D eigenvalue weighted by molar-refractivity contribution is 0.0930. The Balaban J connectivity index is 1.37. The molecule has 0 unspecified atom stereocenters. The summed E-state index contributed by atoms with van der Waals surface area (Å²) >= 11 is 0. The van der Waals surface area contributed by atoms with Crippen molar-refractivity contribution in [1.29, 1.82) is 0 Å². The smallest absolute Gasteiger partial charge is 0.272 e. The number of rotatable bonds is 7. The number of benzene rings is 1. The number of ether oxygens (including phenoxy) is 1. The van der Waals surface area contributed by atoms with Crippen molar-refractivity contribution in [2.24, 2.45) is 7.05 Å². The number of aryl methyl sites for hydroxylation is 2. The summed E-state index contributed by atoms with van der Waals surface area (Å²) in [6.07, 6.45) is 4.43. The van der Waals surface area contributed by atoms with Crippen LogP contribution in [0.25, 0.3) is 11.4 Å². The van der Waals surface area contributed by atoms with Gasteiger partial charge < -0.3 is 25.2 Å². The molecular formula is C26H34N8O2. The largest absolute Gasteiger partial charge is 0.383 e. The molecule has 1 aliphatic heterocycles. The molecule has 10 nitrogen and oxygen atoms in total. The van der Waals surface area contributed by atoms with Crippen molar-refractivity contribution in [3.05, 3.63) is 47.3 Å². The molecule has 1 aromatic carbocycles. The predicted molar refractivity (Wildman–Crippen MR) is 140 cm³/mol. The molecule has 1 fully saturated rings. The van der Waals surface area contributed by atoms with E-state index in [-0.39, 0.29) is 5.91 Å². The maximum Gasteiger partial charge on any atom is 0.272 e. The molecule has 1 aliphatic carbocycles. The van der Waals surface area contributed by atoms with Gasteiger partial charge in [-0.05, 0) is 56.1 Å². The molecule has 3 aromatic rings. The average molecular weight is 491 g/mol. The fourth-order valence-corrected chi connectivity index (χ4v) is 4.89. The number of amides is 1. The second-order valence-electron chi connectivity index (χ2n) is 9.43. The number of piperazine rings is 1. The Morgan fingerprint density at radius 2 is 1.86 bits per heavy atom. The molecule has 0 bridgehead atoms. The number of carbonyl (C=O) groups is 1. The zero-order chi connectivity index (χ0) is 25.1. The number of hydrogen-bond acceptors (Lipinski definition) is 8. The lowest BCUT2D eigenvalue weighted by Gasteiger charge is -2.34. The summed E-state index contributed by atoms with van der Waals surface area (Å²) < 4.78 is 6.82. The first-order valence-corrected chi connectivity index (χ1v) is 12.5. The van der Waals surface area contributed by atoms with E-state index >= 15 is 0 Å². The minimum atomic E-state index is -0.180. The molecule has 2 N–H and O–H groups in total. The van der Waals surface area contributed by atoms with E-state index in [1.807, 2.05) is 13.2 Å². The summed E-state index contributed by atoms with van der Waals surface area (Å²) in [5.41, 5.74) is 6.35. The third kappa shape index (κ3) is 5.05. The van der Waals surface area contributed by atoms with E-state index in [4.69, 9.17) is 9.72 Å². The highest BCUT2D eigenvalue weighted by Gasteiger charge is 2.27. The Kier molecular flexibility index (Phi) is 7.15. The third-order valence-corrected chi connectivity index (χ3v) is 6.91. The zero-order valence-electron chi connectivity index (χ0n) is 21.3. The summed E-state index contributed by atoms with van der Waals surface area (Å²) in [5, 5.41) is 10.8. The molecule has 1 amide bonds. The van der Waals surface area contributed by atoms with Crippen molar-refractivity contribution in [2.75, 3.05) is 63.7 Å². The lowest BCUT2D eigenvalue weighted by atomic mass is 10.1. The minimum Gasteiger partial charge on any atom is -0.383 e. The van der Waals surface area contributed by atoms with Crippen molar-refractivity contribution >= 4 is 23.2 Å². The van der Waals surface area contributed by atoms with E-state index < -0.39 is 0 Å². The molecule has 10 heteroatoms. The van der Waals surface area contributed by atoms with Crippen LogP contribution in [-0.2, 0) is 24.6 Å². The molecule has 0 atom stereocenters. The second kappa shape index (κ2) is 10.6. The van der Waals surface area contributed by atoms with Gasteiger partial charge in [-0.25, -0.2) is 9.97 Å². The number of anilines is 3. The number of carbonyl (C=O) groups excluding carboxylic acids is 1. The molecular weight excluding hydrogens is 456 g/mol. The van der Waals surface area contributed by atoms with Crippen LogP contribution in [0.15, 0.2) is 30.5 Å². The topological polar surface area (TPSA) is 100 Å². The Hall–Kier alpha value is -3.50. The number of methoxy groups -OCH3 is 1. The van der Waals surface area contributed by atoms with Gasteiger partial charge >= 0.3 is 0 Å². The van der Waals surface area contributed by atoms with Crippen LogP contribution in [0, 0.1) is 0 Å². The van der Waals surface area contributed by atoms with Crippen LogP contribution in [-0.4, -0.2) is 84.0 Å². The summed E-state index contributed by atoms with van der Waals surface area (Å²) in [6.45, 7) is 5.14. The number of nitrogens with zero attached hydrogens (tertiary/aromatic N) is 6. The highest BCUT2D eigenvalue weighted by Crippen LogP contribution is 2.33. The molecule has 0 radical (unpaired) electrons. The normalized spacial score (nSPS) is 15.7. The highest BCUT2D eigenvalue weighted by molar-refractivity contribution is 5.95. The number of aromatic nitrogens is 4. The fourth-order valence-electron chi connectivity index (χ4n) is 4.89. The molecule has 36 heavy (non-hydrogen) atoms. The van der Waals surface area contributed by atoms with Gasteiger partial charge in [-0.2, -0.15) is 5.10 Å². The summed E-state index contributed by atoms with van der Waals surface area (Å²) in [5.74, 6) is 0.349. The van der Waals surface area contributed by atoms with Gasteiger partial charge in [0.25, 0.3) is 5.91 Å². The van der Waals surface area contributed by atoms with E-state index in [1.54, 1.807) is 11.8 Å². The van der Waals surface area contributed by atoms with Crippen LogP contribution < -0.4 is 15.5 Å². The van der Waals surface area contributed by atoms with Gasteiger partial charge in [0.15, 0.2) is 5.69 Å². The van der Waals surface area contributed by atoms with Gasteiger partial charge in [0, 0.05) is 70.0 Å². The lowest BCUT2D eigenvalue weighted by Crippen LogP contribution is -2.44. The fraction of sp³-hybridized carbons (Fsp3) is 0.462. The first-order valence-electron chi connectivity index (χ1n) is 12.5. The summed E-state index contributed by atoms with van der Waals surface area (Å²) in [7, 11) is 5.65. The van der Waals surface area contributed by atoms with Gasteiger partial charge in [-0.15, -0.1) is 0 Å². The molecule has 5 rings (SSSR count). The van der Waals surface area contributed by atoms with Crippen LogP contribution >= 0.6 is 0 Å². The third-order valence-electron chi connectivity index (χ3n) is 6.91. The van der Waals surface area contributed by atoms with Crippen LogP contribution in [0.1, 0.15) is 28.0 Å². The van der Waals surface area contributed by atoms with Crippen molar-refractivity contribution in [2.45, 2.75) is 19.3 Å². The zero-order valence-corrected chi connectivity index (χ0v) is 21.3. The van der Waals surface area contributed by atoms with E-state index in [1.165, 1.54) is 5.69 Å². The average Bonchev–Trinajstić information content (AvgIpc) is 3.09. The Morgan fingerprint density at radius 3 is 2.61 bits per heavy atom. The number of fused-ring (bicyclic) bond motifs is 3. The molecule has 3 heterocycles. The van der Waals surface area contributed by atoms with E-state index in [0.29, 0.717) is 24.8 Å². The predicted octanol–water partition coefficient (Wildman–Crippen LogP) is 2.24. The standard InChI is InChI=1S/C26H34N8O2/c1-32-12-14-34(15-13-32)20-9-7-19(8-10-20)29-26-28-17-18-5-4-6-21-23(25(35)27-11-16-36-3)31-33(2)24(21)22(18)30-26/h7-10,17H,4-6,11-16H2,1-3H3,(H,27,35)(H,28,29,30). The first-order chi connectivity index (χ1) is 17.5. The molecule has 0 spiro atoms. The number of likely N-dealkylation sites (N-methyl/N-ethyl adjacent to an activating group) is 1. The minimum absolute atomic E-state index is 0.180. The van der Waals surface area contributed by atoms with Crippen LogP contribution in [0.4, 0.5) is 17.3 Å². The molecule has 2 aromatic heterocycles. The van der Waals surface area contributed by atoms with Crippen molar-refractivity contribution in [1.82, 2.24) is 30.0 Å². The van der Waals surface area contributed by atoms with Crippen LogP contribution in [0.3, 0.4) is 0 Å². The van der Waals surface area contributed by atoms with Gasteiger partial charge in [0.2, 0.25) is 5.95 Å². The summed E-state index contributed by atoms with van der Waals surface area (Å²) in [4.78, 5) is 27.0. The Labute approximate surface area is 211 Å². The maximum absolute atomic E-state index is 12.8. The van der Waals surface area contributed by atoms with Crippen LogP contribution in [0.2, 0.25) is 0 Å². The second-order valence-corrected chi connectivity index (χ2v) is 9.43. The Bertz CT molecular complexity index is 1220. The summed E-state index contributed by atoms with van der Waals surface area (Å²) in [6, 6.07) is 8.43. The van der Waals surface area contributed by atoms with Gasteiger partial charge in [0.1, 0.15) is 0 Å².